The highest BCUT2D eigenvalue weighted by atomic mass is 32.2. The Morgan fingerprint density at radius 1 is 0.939 bits per heavy atom. The van der Waals surface area contributed by atoms with Crippen molar-refractivity contribution in [1.29, 1.82) is 0 Å². The number of phenolic OH excluding ortho intramolecular Hbond substituents is 1. The zero-order valence-corrected chi connectivity index (χ0v) is 19.2. The van der Waals surface area contributed by atoms with Crippen molar-refractivity contribution >= 4 is 48.9 Å². The normalized spacial score (nSPS) is 12.5. The maximum Gasteiger partial charge on any atom is 0.316 e. The third-order valence-corrected chi connectivity index (χ3v) is 7.12. The Morgan fingerprint density at radius 3 is 2.27 bits per heavy atom. The summed E-state index contributed by atoms with van der Waals surface area (Å²) in [6, 6.07) is 14.3. The molecule has 3 aromatic carbocycles. The second-order valence-electron chi connectivity index (χ2n) is 6.48. The molecule has 0 amide bonds. The minimum Gasteiger partial charge on any atom is -0.506 e. The van der Waals surface area contributed by atoms with Crippen LogP contribution < -0.4 is 13.6 Å². The minimum atomic E-state index is -4.49. The SMILES string of the molecule is C=Cc1ccc(S(=O)(=O)Nc2ccc(O)c(NS(=O)Oc3cccc(S(=O)(=O)O)c3)c2)cc1. The van der Waals surface area contributed by atoms with Gasteiger partial charge in [0.15, 0.2) is 0 Å². The van der Waals surface area contributed by atoms with E-state index in [2.05, 4.69) is 16.0 Å². The minimum absolute atomic E-state index is 0.00121. The quantitative estimate of drug-likeness (QED) is 0.194. The van der Waals surface area contributed by atoms with Gasteiger partial charge >= 0.3 is 11.3 Å². The van der Waals surface area contributed by atoms with Crippen LogP contribution in [0.1, 0.15) is 5.56 Å². The van der Waals surface area contributed by atoms with E-state index in [-0.39, 0.29) is 27.8 Å². The number of aromatic hydroxyl groups is 1. The Labute approximate surface area is 193 Å². The van der Waals surface area contributed by atoms with E-state index in [9.17, 15) is 26.2 Å². The van der Waals surface area contributed by atoms with Crippen LogP contribution >= 0.6 is 0 Å². The Morgan fingerprint density at radius 2 is 1.64 bits per heavy atom. The summed E-state index contributed by atoms with van der Waals surface area (Å²) >= 11 is -2.31. The van der Waals surface area contributed by atoms with Crippen LogP contribution in [0.5, 0.6) is 11.5 Å². The Hall–Kier alpha value is -3.39. The molecule has 0 bridgehead atoms. The maximum absolute atomic E-state index is 12.6. The van der Waals surface area contributed by atoms with Gasteiger partial charge in [0.1, 0.15) is 11.5 Å². The van der Waals surface area contributed by atoms with Crippen LogP contribution in [0.3, 0.4) is 0 Å². The Balaban J connectivity index is 1.76. The molecule has 0 aromatic heterocycles. The highest BCUT2D eigenvalue weighted by Crippen LogP contribution is 2.29. The molecular weight excluding hydrogens is 492 g/mol. The standard InChI is InChI=1S/C20H18N2O8S3/c1-2-14-6-9-17(10-7-14)32(25,26)22-15-8-11-20(23)19(12-15)21-31(24)30-16-4-3-5-18(13-16)33(27,28)29/h2-13,21-23H,1H2,(H,27,28,29). The molecule has 4 N–H and O–H groups in total. The van der Waals surface area contributed by atoms with Gasteiger partial charge in [-0.15, -0.1) is 0 Å². The van der Waals surface area contributed by atoms with Crippen LogP contribution in [-0.2, 0) is 31.4 Å². The van der Waals surface area contributed by atoms with Crippen molar-refractivity contribution in [2.24, 2.45) is 0 Å². The van der Waals surface area contributed by atoms with Crippen molar-refractivity contribution in [1.82, 2.24) is 0 Å². The summed E-state index contributed by atoms with van der Waals surface area (Å²) in [5.74, 6) is -0.493. The number of nitrogens with one attached hydrogen (secondary N) is 2. The van der Waals surface area contributed by atoms with E-state index >= 15 is 0 Å². The fraction of sp³-hybridized carbons (Fsp3) is 0. The molecule has 10 nitrogen and oxygen atoms in total. The zero-order chi connectivity index (χ0) is 24.2. The molecule has 0 fully saturated rings. The van der Waals surface area contributed by atoms with Crippen molar-refractivity contribution in [3.63, 3.8) is 0 Å². The van der Waals surface area contributed by atoms with E-state index in [1.165, 1.54) is 42.5 Å². The molecule has 3 aromatic rings. The van der Waals surface area contributed by atoms with Crippen molar-refractivity contribution in [2.45, 2.75) is 9.79 Å². The van der Waals surface area contributed by atoms with Gasteiger partial charge in [0.25, 0.3) is 20.1 Å². The van der Waals surface area contributed by atoms with Gasteiger partial charge in [0, 0.05) is 6.07 Å². The van der Waals surface area contributed by atoms with E-state index in [1.807, 2.05) is 0 Å². The summed E-state index contributed by atoms with van der Waals surface area (Å²) in [6.07, 6.45) is 1.57. The monoisotopic (exact) mass is 510 g/mol. The van der Waals surface area contributed by atoms with Crippen molar-refractivity contribution in [3.8, 4) is 11.5 Å². The summed E-state index contributed by atoms with van der Waals surface area (Å²) in [6.45, 7) is 3.60. The van der Waals surface area contributed by atoms with Crippen LogP contribution in [-0.4, -0.2) is 30.7 Å². The maximum atomic E-state index is 12.6. The van der Waals surface area contributed by atoms with Crippen molar-refractivity contribution in [2.75, 3.05) is 9.44 Å². The number of rotatable bonds is 9. The lowest BCUT2D eigenvalue weighted by Gasteiger charge is -2.12. The topological polar surface area (TPSA) is 159 Å². The summed E-state index contributed by atoms with van der Waals surface area (Å²) in [4.78, 5) is -0.460. The molecule has 0 aliphatic rings. The first-order valence-electron chi connectivity index (χ1n) is 9.00. The lowest BCUT2D eigenvalue weighted by Crippen LogP contribution is -2.14. The number of sulfonamides is 1. The number of anilines is 2. The average Bonchev–Trinajstić information content (AvgIpc) is 2.75. The number of hydrogen-bond acceptors (Lipinski definition) is 7. The van der Waals surface area contributed by atoms with Gasteiger partial charge in [-0.3, -0.25) is 14.0 Å². The molecule has 1 unspecified atom stereocenters. The van der Waals surface area contributed by atoms with Crippen LogP contribution in [0, 0.1) is 0 Å². The predicted octanol–water partition coefficient (Wildman–Crippen LogP) is 3.15. The van der Waals surface area contributed by atoms with Crippen LogP contribution in [0.15, 0.2) is 83.1 Å². The molecule has 0 heterocycles. The van der Waals surface area contributed by atoms with E-state index < -0.39 is 36.3 Å². The zero-order valence-electron chi connectivity index (χ0n) is 16.7. The molecule has 0 saturated heterocycles. The first kappa shape index (κ1) is 24.3. The molecule has 0 aliphatic carbocycles. The highest BCUT2D eigenvalue weighted by molar-refractivity contribution is 7.92. The number of benzene rings is 3. The second-order valence-corrected chi connectivity index (χ2v) is 10.4. The van der Waals surface area contributed by atoms with Gasteiger partial charge in [-0.2, -0.15) is 12.6 Å². The third-order valence-electron chi connectivity index (χ3n) is 4.14. The molecule has 13 heteroatoms. The Bertz CT molecular complexity index is 1420. The summed E-state index contributed by atoms with van der Waals surface area (Å²) in [5, 5.41) is 10.0. The molecule has 1 atom stereocenters. The lowest BCUT2D eigenvalue weighted by molar-refractivity contribution is 0.477. The molecule has 0 saturated carbocycles. The Kier molecular flexibility index (Phi) is 7.07. The van der Waals surface area contributed by atoms with E-state index in [0.717, 1.165) is 17.7 Å². The number of hydrogen-bond donors (Lipinski definition) is 4. The van der Waals surface area contributed by atoms with E-state index in [1.54, 1.807) is 18.2 Å². The molecule has 0 spiro atoms. The first-order valence-corrected chi connectivity index (χ1v) is 13.0. The smallest absolute Gasteiger partial charge is 0.316 e. The third kappa shape index (κ3) is 6.32. The van der Waals surface area contributed by atoms with Gasteiger partial charge in [0.05, 0.1) is 21.2 Å². The summed E-state index contributed by atoms with van der Waals surface area (Å²) in [7, 11) is -8.43. The van der Waals surface area contributed by atoms with Crippen molar-refractivity contribution in [3.05, 3.63) is 78.9 Å². The number of phenols is 1. The molecule has 33 heavy (non-hydrogen) atoms. The van der Waals surface area contributed by atoms with Crippen LogP contribution in [0.4, 0.5) is 11.4 Å². The van der Waals surface area contributed by atoms with Crippen LogP contribution in [0.25, 0.3) is 6.08 Å². The fourth-order valence-corrected chi connectivity index (χ4v) is 4.79. The molecule has 0 aliphatic heterocycles. The molecule has 0 radical (unpaired) electrons. The molecule has 3 rings (SSSR count). The largest absolute Gasteiger partial charge is 0.506 e. The average molecular weight is 511 g/mol. The second kappa shape index (κ2) is 9.62. The molecule has 174 valence electrons. The van der Waals surface area contributed by atoms with Crippen molar-refractivity contribution < 1.29 is 34.9 Å². The highest BCUT2D eigenvalue weighted by Gasteiger charge is 2.16. The molecular formula is C20H18N2O8S3. The van der Waals surface area contributed by atoms with Gasteiger partial charge in [-0.05, 0) is 48.0 Å². The van der Waals surface area contributed by atoms with Gasteiger partial charge in [-0.25, -0.2) is 8.42 Å². The first-order chi connectivity index (χ1) is 15.5. The van der Waals surface area contributed by atoms with E-state index in [4.69, 9.17) is 8.74 Å². The van der Waals surface area contributed by atoms with Gasteiger partial charge in [0.2, 0.25) is 0 Å². The predicted molar refractivity (Wildman–Crippen MR) is 124 cm³/mol. The fourth-order valence-electron chi connectivity index (χ4n) is 2.56. The summed E-state index contributed by atoms with van der Waals surface area (Å²) < 4.78 is 78.7. The van der Waals surface area contributed by atoms with Gasteiger partial charge < -0.3 is 9.29 Å². The van der Waals surface area contributed by atoms with Gasteiger partial charge in [-0.1, -0.05) is 30.9 Å². The summed E-state index contributed by atoms with van der Waals surface area (Å²) in [5.41, 5.74) is 0.685. The lowest BCUT2D eigenvalue weighted by atomic mass is 10.2. The van der Waals surface area contributed by atoms with Crippen LogP contribution in [0.2, 0.25) is 0 Å². The van der Waals surface area contributed by atoms with E-state index in [0.29, 0.717) is 0 Å².